The predicted molar refractivity (Wildman–Crippen MR) is 184 cm³/mol. The normalized spacial score (nSPS) is 11.1. The first-order valence-corrected chi connectivity index (χ1v) is 15.8. The first kappa shape index (κ1) is 31.6. The molecule has 0 unspecified atom stereocenters. The summed E-state index contributed by atoms with van der Waals surface area (Å²) in [4.78, 5) is 29.8. The lowest BCUT2D eigenvalue weighted by molar-refractivity contribution is 0.0733. The number of hydrogen-bond donors (Lipinski definition) is 2. The van der Waals surface area contributed by atoms with Crippen LogP contribution in [0.4, 0.5) is 0 Å². The zero-order chi connectivity index (χ0) is 31.2. The molecular formula is C33H26BrClIN3O5. The number of nitrogens with one attached hydrogen (secondary N) is 2. The van der Waals surface area contributed by atoms with Crippen molar-refractivity contribution in [3.05, 3.63) is 109 Å². The molecule has 2 N–H and O–H groups in total. The lowest BCUT2D eigenvalue weighted by atomic mass is 10.0. The highest BCUT2D eigenvalue weighted by molar-refractivity contribution is 14.1. The minimum Gasteiger partial charge on any atom is -0.490 e. The Bertz CT molecular complexity index is 1890. The van der Waals surface area contributed by atoms with Crippen LogP contribution >= 0.6 is 50.1 Å². The molecular weight excluding hydrogens is 761 g/mol. The number of halogens is 3. The summed E-state index contributed by atoms with van der Waals surface area (Å²) in [6.07, 6.45) is 1.41. The van der Waals surface area contributed by atoms with Crippen LogP contribution in [0, 0.1) is 3.57 Å². The van der Waals surface area contributed by atoms with Crippen LogP contribution in [0.15, 0.2) is 88.4 Å². The third-order valence-corrected chi connectivity index (χ3v) is 7.95. The van der Waals surface area contributed by atoms with Gasteiger partial charge in [-0.05, 0) is 97.1 Å². The van der Waals surface area contributed by atoms with Gasteiger partial charge in [0, 0.05) is 40.7 Å². The Morgan fingerprint density at radius 2 is 1.70 bits per heavy atom. The van der Waals surface area contributed by atoms with Crippen molar-refractivity contribution in [1.82, 2.24) is 10.4 Å². The van der Waals surface area contributed by atoms with Gasteiger partial charge >= 0.3 is 5.97 Å². The molecule has 0 aliphatic rings. The molecule has 0 saturated carbocycles. The maximum absolute atomic E-state index is 13.5. The molecule has 5 rings (SSSR count). The number of ether oxygens (including phenoxy) is 3. The summed E-state index contributed by atoms with van der Waals surface area (Å²) in [6.45, 7) is 4.59. The van der Waals surface area contributed by atoms with E-state index < -0.39 is 11.9 Å². The molecule has 4 aromatic carbocycles. The average molecular weight is 787 g/mol. The molecule has 1 amide bonds. The van der Waals surface area contributed by atoms with Crippen LogP contribution in [0.5, 0.6) is 17.2 Å². The second-order valence-corrected chi connectivity index (χ2v) is 11.9. The van der Waals surface area contributed by atoms with E-state index in [2.05, 4.69) is 54.0 Å². The quantitative estimate of drug-likeness (QED) is 0.0486. The molecule has 0 fully saturated rings. The molecule has 5 aromatic rings. The third-order valence-electron chi connectivity index (χ3n) is 6.45. The van der Waals surface area contributed by atoms with Gasteiger partial charge in [-0.1, -0.05) is 45.7 Å². The van der Waals surface area contributed by atoms with Gasteiger partial charge in [-0.3, -0.25) is 4.79 Å². The Labute approximate surface area is 281 Å². The van der Waals surface area contributed by atoms with Crippen LogP contribution in [-0.4, -0.2) is 36.3 Å². The van der Waals surface area contributed by atoms with Crippen molar-refractivity contribution < 1.29 is 23.8 Å². The lowest BCUT2D eigenvalue weighted by Gasteiger charge is -2.13. The van der Waals surface area contributed by atoms with Crippen molar-refractivity contribution in [1.29, 1.82) is 0 Å². The highest BCUT2D eigenvalue weighted by Gasteiger charge is 2.21. The molecule has 0 bridgehead atoms. The molecule has 0 aliphatic carbocycles. The Morgan fingerprint density at radius 1 is 0.955 bits per heavy atom. The molecule has 1 heterocycles. The average Bonchev–Trinajstić information content (AvgIpc) is 3.38. The Balaban J connectivity index is 1.40. The van der Waals surface area contributed by atoms with Gasteiger partial charge in [0.2, 0.25) is 0 Å². The third kappa shape index (κ3) is 7.09. The van der Waals surface area contributed by atoms with Crippen molar-refractivity contribution in [2.24, 2.45) is 5.10 Å². The number of esters is 1. The number of rotatable bonds is 10. The van der Waals surface area contributed by atoms with Gasteiger partial charge in [-0.25, -0.2) is 10.2 Å². The van der Waals surface area contributed by atoms with Crippen molar-refractivity contribution in [3.8, 4) is 28.4 Å². The van der Waals surface area contributed by atoms with Crippen LogP contribution in [0.2, 0.25) is 5.02 Å². The highest BCUT2D eigenvalue weighted by Crippen LogP contribution is 2.37. The highest BCUT2D eigenvalue weighted by atomic mass is 127. The number of carbonyl (C=O) groups is 2. The number of hydrazone groups is 1. The van der Waals surface area contributed by atoms with E-state index in [-0.39, 0.29) is 11.3 Å². The number of carbonyl (C=O) groups excluding carboxylic acids is 2. The van der Waals surface area contributed by atoms with Crippen molar-refractivity contribution in [2.75, 3.05) is 13.2 Å². The van der Waals surface area contributed by atoms with Crippen molar-refractivity contribution in [3.63, 3.8) is 0 Å². The van der Waals surface area contributed by atoms with E-state index in [1.165, 1.54) is 6.21 Å². The second-order valence-electron chi connectivity index (χ2n) is 9.34. The van der Waals surface area contributed by atoms with Crippen LogP contribution in [0.25, 0.3) is 22.0 Å². The Hall–Kier alpha value is -3.87. The maximum Gasteiger partial charge on any atom is 0.343 e. The molecule has 8 nitrogen and oxygen atoms in total. The maximum atomic E-state index is 13.5. The van der Waals surface area contributed by atoms with Gasteiger partial charge in [0.1, 0.15) is 11.4 Å². The van der Waals surface area contributed by atoms with Crippen LogP contribution < -0.4 is 19.6 Å². The molecule has 0 spiro atoms. The molecule has 224 valence electrons. The fraction of sp³-hybridized carbons (Fsp3) is 0.121. The number of aromatic amines is 1. The standard InChI is InChI=1S/C33H26BrClIN3O5/c1-3-42-28-13-9-19(16-29(28)43-4-2)33(41)44-27-14-10-21(34)15-20(27)18-37-39-32(40)31-30(23-7-5-6-8-25(23)35)24-17-22(36)11-12-26(24)38-31/h5-18,38H,3-4H2,1-2H3,(H,39,40). The van der Waals surface area contributed by atoms with E-state index in [1.807, 2.05) is 50.2 Å². The van der Waals surface area contributed by atoms with Gasteiger partial charge in [0.15, 0.2) is 11.5 Å². The van der Waals surface area contributed by atoms with E-state index in [4.69, 9.17) is 25.8 Å². The van der Waals surface area contributed by atoms with Gasteiger partial charge in [-0.2, -0.15) is 5.10 Å². The molecule has 1 aromatic heterocycles. The fourth-order valence-electron chi connectivity index (χ4n) is 4.54. The number of fused-ring (bicyclic) bond motifs is 1. The lowest BCUT2D eigenvalue weighted by Crippen LogP contribution is -2.19. The van der Waals surface area contributed by atoms with Gasteiger partial charge in [-0.15, -0.1) is 0 Å². The molecule has 0 radical (unpaired) electrons. The fourth-order valence-corrected chi connectivity index (χ4v) is 5.64. The number of hydrogen-bond acceptors (Lipinski definition) is 6. The Kier molecular flexibility index (Phi) is 10.2. The zero-order valence-electron chi connectivity index (χ0n) is 23.6. The van der Waals surface area contributed by atoms with Crippen LogP contribution in [0.1, 0.15) is 40.3 Å². The SMILES string of the molecule is CCOc1ccc(C(=O)Oc2ccc(Br)cc2C=NNC(=O)c2[nH]c3ccc(I)cc3c2-c2ccccc2Cl)cc1OCC. The van der Waals surface area contributed by atoms with Crippen LogP contribution in [0.3, 0.4) is 0 Å². The first-order chi connectivity index (χ1) is 21.3. The number of H-pyrrole nitrogens is 1. The summed E-state index contributed by atoms with van der Waals surface area (Å²) < 4.78 is 18.7. The molecule has 11 heteroatoms. The molecule has 44 heavy (non-hydrogen) atoms. The summed E-state index contributed by atoms with van der Waals surface area (Å²) in [5.41, 5.74) is 5.84. The Morgan fingerprint density at radius 3 is 2.48 bits per heavy atom. The molecule has 0 atom stereocenters. The zero-order valence-corrected chi connectivity index (χ0v) is 28.1. The van der Waals surface area contributed by atoms with Gasteiger partial charge < -0.3 is 19.2 Å². The smallest absolute Gasteiger partial charge is 0.343 e. The van der Waals surface area contributed by atoms with E-state index in [9.17, 15) is 9.59 Å². The first-order valence-electron chi connectivity index (χ1n) is 13.6. The summed E-state index contributed by atoms with van der Waals surface area (Å²) in [7, 11) is 0. The summed E-state index contributed by atoms with van der Waals surface area (Å²) in [6, 6.07) is 23.2. The van der Waals surface area contributed by atoms with Crippen LogP contribution in [-0.2, 0) is 0 Å². The second kappa shape index (κ2) is 14.3. The monoisotopic (exact) mass is 785 g/mol. The number of benzene rings is 4. The summed E-state index contributed by atoms with van der Waals surface area (Å²) >= 11 is 12.2. The minimum absolute atomic E-state index is 0.250. The summed E-state index contributed by atoms with van der Waals surface area (Å²) in [5, 5.41) is 5.57. The topological polar surface area (TPSA) is 102 Å². The number of nitrogens with zero attached hydrogens (tertiary/aromatic N) is 1. The summed E-state index contributed by atoms with van der Waals surface area (Å²) in [5.74, 6) is 0.188. The van der Waals surface area contributed by atoms with E-state index in [1.54, 1.807) is 42.5 Å². The van der Waals surface area contributed by atoms with E-state index in [0.29, 0.717) is 46.6 Å². The van der Waals surface area contributed by atoms with E-state index in [0.717, 1.165) is 24.5 Å². The molecule has 0 aliphatic heterocycles. The van der Waals surface area contributed by atoms with Gasteiger partial charge in [0.25, 0.3) is 5.91 Å². The molecule has 0 saturated heterocycles. The van der Waals surface area contributed by atoms with Gasteiger partial charge in [0.05, 0.1) is 25.0 Å². The largest absolute Gasteiger partial charge is 0.490 e. The van der Waals surface area contributed by atoms with E-state index >= 15 is 0 Å². The predicted octanol–water partition coefficient (Wildman–Crippen LogP) is 8.64. The van der Waals surface area contributed by atoms with Crippen molar-refractivity contribution in [2.45, 2.75) is 13.8 Å². The number of amides is 1. The minimum atomic E-state index is -0.591. The van der Waals surface area contributed by atoms with Crippen molar-refractivity contribution >= 4 is 79.1 Å². The number of aromatic nitrogens is 1.